The SMILES string of the molecule is Cc1c(C(=O)NCC(O)CN2CCc3ccccc3C2)nc2ccc(C(=O)O)cn12. The number of carboxylic acids is 1. The lowest BCUT2D eigenvalue weighted by molar-refractivity contribution is 0.0696. The average Bonchev–Trinajstić information content (AvgIpc) is 3.08. The minimum atomic E-state index is -1.04. The number of β-amino-alcohol motifs (C(OH)–C–C–N with tert-alkyl or cyclic N) is 1. The molecular formula is C22H24N4O4. The van der Waals surface area contributed by atoms with Gasteiger partial charge in [-0.05, 0) is 36.6 Å². The summed E-state index contributed by atoms with van der Waals surface area (Å²) in [5, 5.41) is 22.3. The fourth-order valence-electron chi connectivity index (χ4n) is 3.87. The van der Waals surface area contributed by atoms with Gasteiger partial charge in [0, 0.05) is 32.4 Å². The molecule has 1 unspecified atom stereocenters. The second-order valence-electron chi connectivity index (χ2n) is 7.61. The Balaban J connectivity index is 1.36. The van der Waals surface area contributed by atoms with Crippen molar-refractivity contribution in [3.05, 3.63) is 70.7 Å². The quantitative estimate of drug-likeness (QED) is 0.571. The smallest absolute Gasteiger partial charge is 0.337 e. The number of rotatable bonds is 6. The normalized spacial score (nSPS) is 15.0. The molecule has 156 valence electrons. The number of fused-ring (bicyclic) bond motifs is 2. The topological polar surface area (TPSA) is 107 Å². The van der Waals surface area contributed by atoms with Crippen LogP contribution in [-0.4, -0.2) is 62.1 Å². The van der Waals surface area contributed by atoms with E-state index in [-0.39, 0.29) is 17.8 Å². The zero-order valence-electron chi connectivity index (χ0n) is 16.7. The van der Waals surface area contributed by atoms with E-state index in [4.69, 9.17) is 5.11 Å². The summed E-state index contributed by atoms with van der Waals surface area (Å²) in [6, 6.07) is 11.3. The molecule has 0 radical (unpaired) electrons. The number of amides is 1. The molecular weight excluding hydrogens is 384 g/mol. The van der Waals surface area contributed by atoms with Crippen LogP contribution in [0.3, 0.4) is 0 Å². The molecule has 30 heavy (non-hydrogen) atoms. The number of aryl methyl sites for hydroxylation is 1. The summed E-state index contributed by atoms with van der Waals surface area (Å²) in [4.78, 5) is 30.2. The van der Waals surface area contributed by atoms with Crippen molar-refractivity contribution in [1.29, 1.82) is 0 Å². The van der Waals surface area contributed by atoms with E-state index >= 15 is 0 Å². The van der Waals surface area contributed by atoms with E-state index in [0.29, 0.717) is 17.9 Å². The third-order valence-corrected chi connectivity index (χ3v) is 5.50. The van der Waals surface area contributed by atoms with Gasteiger partial charge in [0.05, 0.1) is 17.4 Å². The van der Waals surface area contributed by atoms with E-state index in [0.717, 1.165) is 19.5 Å². The van der Waals surface area contributed by atoms with Crippen LogP contribution in [0.25, 0.3) is 5.65 Å². The third-order valence-electron chi connectivity index (χ3n) is 5.50. The number of carbonyl (C=O) groups excluding carboxylic acids is 1. The van der Waals surface area contributed by atoms with Crippen LogP contribution in [0.2, 0.25) is 0 Å². The fourth-order valence-corrected chi connectivity index (χ4v) is 3.87. The van der Waals surface area contributed by atoms with Gasteiger partial charge in [0.25, 0.3) is 5.91 Å². The Morgan fingerprint density at radius 1 is 1.20 bits per heavy atom. The van der Waals surface area contributed by atoms with Crippen LogP contribution in [0, 0.1) is 6.92 Å². The number of carbonyl (C=O) groups is 2. The van der Waals surface area contributed by atoms with Crippen LogP contribution in [0.15, 0.2) is 42.6 Å². The fraction of sp³-hybridized carbons (Fsp3) is 0.318. The third kappa shape index (κ3) is 4.05. The molecule has 3 heterocycles. The van der Waals surface area contributed by atoms with Crippen LogP contribution < -0.4 is 5.32 Å². The Morgan fingerprint density at radius 3 is 2.73 bits per heavy atom. The van der Waals surface area contributed by atoms with Crippen molar-refractivity contribution in [2.45, 2.75) is 26.0 Å². The predicted octanol–water partition coefficient (Wildman–Crippen LogP) is 1.49. The summed E-state index contributed by atoms with van der Waals surface area (Å²) in [5.41, 5.74) is 4.01. The number of nitrogens with one attached hydrogen (secondary N) is 1. The minimum absolute atomic E-state index is 0.116. The van der Waals surface area contributed by atoms with Crippen molar-refractivity contribution in [3.63, 3.8) is 0 Å². The molecule has 2 aromatic heterocycles. The van der Waals surface area contributed by atoms with E-state index < -0.39 is 18.0 Å². The molecule has 3 aromatic rings. The monoisotopic (exact) mass is 408 g/mol. The van der Waals surface area contributed by atoms with E-state index in [1.807, 2.05) is 12.1 Å². The van der Waals surface area contributed by atoms with E-state index in [1.165, 1.54) is 23.4 Å². The molecule has 1 aliphatic heterocycles. The number of nitrogens with zero attached hydrogens (tertiary/aromatic N) is 3. The van der Waals surface area contributed by atoms with Crippen molar-refractivity contribution >= 4 is 17.5 Å². The zero-order valence-corrected chi connectivity index (χ0v) is 16.7. The molecule has 0 bridgehead atoms. The predicted molar refractivity (Wildman–Crippen MR) is 111 cm³/mol. The van der Waals surface area contributed by atoms with Gasteiger partial charge in [-0.3, -0.25) is 9.69 Å². The summed E-state index contributed by atoms with van der Waals surface area (Å²) < 4.78 is 1.58. The number of carboxylic acid groups (broad SMARTS) is 1. The largest absolute Gasteiger partial charge is 0.478 e. The van der Waals surface area contributed by atoms with Crippen LogP contribution in [-0.2, 0) is 13.0 Å². The molecule has 4 rings (SSSR count). The van der Waals surface area contributed by atoms with Crippen LogP contribution in [0.5, 0.6) is 0 Å². The maximum absolute atomic E-state index is 12.6. The summed E-state index contributed by atoms with van der Waals surface area (Å²) in [7, 11) is 0. The number of hydrogen-bond acceptors (Lipinski definition) is 5. The molecule has 3 N–H and O–H groups in total. The molecule has 8 heteroatoms. The van der Waals surface area contributed by atoms with Gasteiger partial charge in [-0.25, -0.2) is 9.78 Å². The number of pyridine rings is 1. The number of aromatic nitrogens is 2. The maximum Gasteiger partial charge on any atom is 0.337 e. The van der Waals surface area contributed by atoms with Gasteiger partial charge in [0.15, 0.2) is 0 Å². The summed E-state index contributed by atoms with van der Waals surface area (Å²) >= 11 is 0. The van der Waals surface area contributed by atoms with Gasteiger partial charge < -0.3 is 19.9 Å². The van der Waals surface area contributed by atoms with E-state index in [1.54, 1.807) is 17.4 Å². The number of aliphatic hydroxyl groups excluding tert-OH is 1. The average molecular weight is 408 g/mol. The maximum atomic E-state index is 12.6. The summed E-state index contributed by atoms with van der Waals surface area (Å²) in [6.07, 6.45) is 1.70. The number of imidazole rings is 1. The molecule has 0 fully saturated rings. The molecule has 0 spiro atoms. The Labute approximate surface area is 173 Å². The standard InChI is InChI=1S/C22H24N4O4/c1-14-20(24-19-7-6-17(22(29)30)12-26(14)19)21(28)23-10-18(27)13-25-9-8-15-4-2-3-5-16(15)11-25/h2-7,12,18,27H,8-11,13H2,1H3,(H,23,28)(H,29,30). The summed E-state index contributed by atoms with van der Waals surface area (Å²) in [6.45, 7) is 3.96. The van der Waals surface area contributed by atoms with Gasteiger partial charge in [-0.15, -0.1) is 0 Å². The minimum Gasteiger partial charge on any atom is -0.478 e. The molecule has 0 saturated carbocycles. The Morgan fingerprint density at radius 2 is 1.97 bits per heavy atom. The molecule has 1 atom stereocenters. The van der Waals surface area contributed by atoms with Gasteiger partial charge >= 0.3 is 5.97 Å². The van der Waals surface area contributed by atoms with Gasteiger partial charge in [-0.2, -0.15) is 0 Å². The Bertz CT molecular complexity index is 1110. The lowest BCUT2D eigenvalue weighted by Gasteiger charge is -2.30. The second-order valence-corrected chi connectivity index (χ2v) is 7.61. The first-order valence-electron chi connectivity index (χ1n) is 9.90. The number of aromatic carboxylic acids is 1. The lowest BCUT2D eigenvalue weighted by atomic mass is 10.00. The first-order chi connectivity index (χ1) is 14.4. The van der Waals surface area contributed by atoms with Crippen LogP contribution in [0.1, 0.15) is 37.7 Å². The number of hydrogen-bond donors (Lipinski definition) is 3. The molecule has 8 nitrogen and oxygen atoms in total. The van der Waals surface area contributed by atoms with E-state index in [9.17, 15) is 14.7 Å². The first-order valence-corrected chi connectivity index (χ1v) is 9.90. The van der Waals surface area contributed by atoms with Crippen molar-refractivity contribution in [1.82, 2.24) is 19.6 Å². The van der Waals surface area contributed by atoms with Gasteiger partial charge in [0.2, 0.25) is 0 Å². The first kappa shape index (κ1) is 20.1. The van der Waals surface area contributed by atoms with E-state index in [2.05, 4.69) is 27.3 Å². The van der Waals surface area contributed by atoms with Crippen LogP contribution >= 0.6 is 0 Å². The molecule has 0 aliphatic carbocycles. The number of benzene rings is 1. The van der Waals surface area contributed by atoms with Crippen molar-refractivity contribution in [2.24, 2.45) is 0 Å². The van der Waals surface area contributed by atoms with Gasteiger partial charge in [-0.1, -0.05) is 24.3 Å². The molecule has 0 saturated heterocycles. The zero-order chi connectivity index (χ0) is 21.3. The van der Waals surface area contributed by atoms with Crippen LogP contribution in [0.4, 0.5) is 0 Å². The molecule has 1 aromatic carbocycles. The highest BCUT2D eigenvalue weighted by molar-refractivity contribution is 5.94. The highest BCUT2D eigenvalue weighted by Gasteiger charge is 2.21. The summed E-state index contributed by atoms with van der Waals surface area (Å²) in [5.74, 6) is -1.43. The van der Waals surface area contributed by atoms with Crippen molar-refractivity contribution < 1.29 is 19.8 Å². The molecule has 1 amide bonds. The molecule has 1 aliphatic rings. The number of aliphatic hydroxyl groups is 1. The Kier molecular flexibility index (Phi) is 5.52. The highest BCUT2D eigenvalue weighted by Crippen LogP contribution is 2.18. The van der Waals surface area contributed by atoms with Crippen molar-refractivity contribution in [3.8, 4) is 0 Å². The Hall–Kier alpha value is -3.23. The highest BCUT2D eigenvalue weighted by atomic mass is 16.4. The van der Waals surface area contributed by atoms with Gasteiger partial charge in [0.1, 0.15) is 11.3 Å². The van der Waals surface area contributed by atoms with Crippen molar-refractivity contribution in [2.75, 3.05) is 19.6 Å². The second kappa shape index (κ2) is 8.25. The lowest BCUT2D eigenvalue weighted by Crippen LogP contribution is -2.42.